The summed E-state index contributed by atoms with van der Waals surface area (Å²) in [5, 5.41) is 0. The summed E-state index contributed by atoms with van der Waals surface area (Å²) in [5.41, 5.74) is 6.62. The third-order valence-electron chi connectivity index (χ3n) is 5.78. The Labute approximate surface area is 174 Å². The molecule has 1 aromatic heterocycles. The summed E-state index contributed by atoms with van der Waals surface area (Å²) in [6.45, 7) is 12.9. The van der Waals surface area contributed by atoms with Crippen LogP contribution in [0.15, 0.2) is 54.7 Å². The summed E-state index contributed by atoms with van der Waals surface area (Å²) < 4.78 is 0. The number of anilines is 1. The largest absolute Gasteiger partial charge is 0.353 e. The van der Waals surface area contributed by atoms with E-state index in [0.29, 0.717) is 6.04 Å². The Hall–Kier alpha value is -2.72. The van der Waals surface area contributed by atoms with Gasteiger partial charge in [-0.2, -0.15) is 0 Å². The molecular weight excluding hydrogens is 356 g/mol. The van der Waals surface area contributed by atoms with Crippen molar-refractivity contribution in [1.82, 2.24) is 14.9 Å². The molecule has 1 fully saturated rings. The predicted molar refractivity (Wildman–Crippen MR) is 121 cm³/mol. The van der Waals surface area contributed by atoms with Gasteiger partial charge in [-0.1, -0.05) is 59.7 Å². The number of hydrogen-bond donors (Lipinski definition) is 0. The highest BCUT2D eigenvalue weighted by Crippen LogP contribution is 2.31. The smallest absolute Gasteiger partial charge is 0.147 e. The second-order valence-electron chi connectivity index (χ2n) is 8.27. The van der Waals surface area contributed by atoms with Gasteiger partial charge < -0.3 is 4.90 Å². The normalized spacial score (nSPS) is 15.1. The molecule has 2 aromatic carbocycles. The molecule has 3 aromatic rings. The zero-order valence-electron chi connectivity index (χ0n) is 17.9. The van der Waals surface area contributed by atoms with Crippen LogP contribution in [0.1, 0.15) is 25.0 Å². The number of aryl methyl sites for hydroxylation is 2. The van der Waals surface area contributed by atoms with Crippen LogP contribution in [-0.2, 0) is 0 Å². The van der Waals surface area contributed by atoms with Crippen molar-refractivity contribution in [2.75, 3.05) is 31.1 Å². The minimum absolute atomic E-state index is 0.593. The molecule has 1 saturated heterocycles. The molecule has 0 saturated carbocycles. The molecule has 0 amide bonds. The van der Waals surface area contributed by atoms with Crippen molar-refractivity contribution in [2.24, 2.45) is 0 Å². The molecule has 4 heteroatoms. The van der Waals surface area contributed by atoms with Crippen LogP contribution in [0.5, 0.6) is 0 Å². The maximum atomic E-state index is 5.11. The van der Waals surface area contributed by atoms with E-state index in [1.165, 1.54) is 11.1 Å². The Morgan fingerprint density at radius 2 is 1.24 bits per heavy atom. The third-order valence-corrected chi connectivity index (χ3v) is 5.78. The standard InChI is InChI=1S/C25H30N4/c1-18(2)28-13-15-29(16-14-28)23-17-26-24(21-9-5-19(3)6-10-21)25(27-23)22-11-7-20(4)8-12-22/h5-12,17-18H,13-16H2,1-4H3. The van der Waals surface area contributed by atoms with E-state index in [9.17, 15) is 0 Å². The molecule has 0 aliphatic carbocycles. The van der Waals surface area contributed by atoms with Gasteiger partial charge in [0.2, 0.25) is 0 Å². The van der Waals surface area contributed by atoms with Crippen molar-refractivity contribution < 1.29 is 0 Å². The highest BCUT2D eigenvalue weighted by atomic mass is 15.3. The van der Waals surface area contributed by atoms with E-state index in [2.05, 4.69) is 86.0 Å². The monoisotopic (exact) mass is 386 g/mol. The van der Waals surface area contributed by atoms with Gasteiger partial charge >= 0.3 is 0 Å². The van der Waals surface area contributed by atoms with E-state index in [0.717, 1.165) is 54.5 Å². The van der Waals surface area contributed by atoms with Gasteiger partial charge in [-0.25, -0.2) is 4.98 Å². The lowest BCUT2D eigenvalue weighted by atomic mass is 10.0. The molecule has 150 valence electrons. The Morgan fingerprint density at radius 3 is 1.76 bits per heavy atom. The number of hydrogen-bond acceptors (Lipinski definition) is 4. The van der Waals surface area contributed by atoms with Gasteiger partial charge in [0.1, 0.15) is 5.82 Å². The molecule has 0 bridgehead atoms. The molecule has 0 radical (unpaired) electrons. The Balaban J connectivity index is 1.71. The molecule has 0 atom stereocenters. The molecule has 0 unspecified atom stereocenters. The van der Waals surface area contributed by atoms with Gasteiger partial charge in [-0.15, -0.1) is 0 Å². The van der Waals surface area contributed by atoms with Gasteiger partial charge in [0, 0.05) is 43.3 Å². The van der Waals surface area contributed by atoms with Crippen LogP contribution in [0, 0.1) is 13.8 Å². The topological polar surface area (TPSA) is 32.3 Å². The summed E-state index contributed by atoms with van der Waals surface area (Å²) in [6, 6.07) is 17.7. The van der Waals surface area contributed by atoms with Crippen LogP contribution in [0.4, 0.5) is 5.82 Å². The highest BCUT2D eigenvalue weighted by Gasteiger charge is 2.21. The number of rotatable bonds is 4. The van der Waals surface area contributed by atoms with Gasteiger partial charge in [-0.05, 0) is 27.7 Å². The Kier molecular flexibility index (Phi) is 5.63. The maximum Gasteiger partial charge on any atom is 0.147 e. The SMILES string of the molecule is Cc1ccc(-c2ncc(N3CCN(C(C)C)CC3)nc2-c2ccc(C)cc2)cc1. The molecular formula is C25H30N4. The van der Waals surface area contributed by atoms with Gasteiger partial charge in [0.15, 0.2) is 0 Å². The lowest BCUT2D eigenvalue weighted by Gasteiger charge is -2.37. The average Bonchev–Trinajstić information content (AvgIpc) is 2.75. The minimum Gasteiger partial charge on any atom is -0.353 e. The first kappa shape index (κ1) is 19.6. The fraction of sp³-hybridized carbons (Fsp3) is 0.360. The quantitative estimate of drug-likeness (QED) is 0.634. The summed E-state index contributed by atoms with van der Waals surface area (Å²) in [5.74, 6) is 0.972. The summed E-state index contributed by atoms with van der Waals surface area (Å²) in [6.07, 6.45) is 1.94. The lowest BCUT2D eigenvalue weighted by molar-refractivity contribution is 0.209. The fourth-order valence-corrected chi connectivity index (χ4v) is 3.83. The number of nitrogens with zero attached hydrogens (tertiary/aromatic N) is 4. The Bertz CT molecular complexity index is 953. The molecule has 0 spiro atoms. The zero-order chi connectivity index (χ0) is 20.4. The fourth-order valence-electron chi connectivity index (χ4n) is 3.83. The van der Waals surface area contributed by atoms with Crippen molar-refractivity contribution in [3.63, 3.8) is 0 Å². The van der Waals surface area contributed by atoms with Crippen molar-refractivity contribution in [3.8, 4) is 22.5 Å². The highest BCUT2D eigenvalue weighted by molar-refractivity contribution is 5.79. The summed E-state index contributed by atoms with van der Waals surface area (Å²) >= 11 is 0. The van der Waals surface area contributed by atoms with Crippen LogP contribution in [0.3, 0.4) is 0 Å². The molecule has 1 aliphatic rings. The summed E-state index contributed by atoms with van der Waals surface area (Å²) in [4.78, 5) is 14.9. The maximum absolute atomic E-state index is 5.11. The average molecular weight is 387 g/mol. The van der Waals surface area contributed by atoms with E-state index in [-0.39, 0.29) is 0 Å². The van der Waals surface area contributed by atoms with Crippen LogP contribution in [0.2, 0.25) is 0 Å². The number of aromatic nitrogens is 2. The van der Waals surface area contributed by atoms with Crippen LogP contribution in [0.25, 0.3) is 22.5 Å². The van der Waals surface area contributed by atoms with Crippen molar-refractivity contribution >= 4 is 5.82 Å². The summed E-state index contributed by atoms with van der Waals surface area (Å²) in [7, 11) is 0. The second kappa shape index (κ2) is 8.34. The number of piperazine rings is 1. The van der Waals surface area contributed by atoms with E-state index >= 15 is 0 Å². The molecule has 29 heavy (non-hydrogen) atoms. The van der Waals surface area contributed by atoms with Crippen molar-refractivity contribution in [1.29, 1.82) is 0 Å². The van der Waals surface area contributed by atoms with E-state index in [1.807, 2.05) is 6.20 Å². The Morgan fingerprint density at radius 1 is 0.724 bits per heavy atom. The van der Waals surface area contributed by atoms with Crippen LogP contribution in [-0.4, -0.2) is 47.1 Å². The van der Waals surface area contributed by atoms with Gasteiger partial charge in [-0.3, -0.25) is 9.88 Å². The second-order valence-corrected chi connectivity index (χ2v) is 8.27. The number of benzene rings is 2. The first-order valence-electron chi connectivity index (χ1n) is 10.5. The predicted octanol–water partition coefficient (Wildman–Crippen LogP) is 4.96. The molecule has 2 heterocycles. The minimum atomic E-state index is 0.593. The third kappa shape index (κ3) is 4.33. The van der Waals surface area contributed by atoms with Crippen molar-refractivity contribution in [3.05, 3.63) is 65.9 Å². The molecule has 4 nitrogen and oxygen atoms in total. The van der Waals surface area contributed by atoms with E-state index in [4.69, 9.17) is 9.97 Å². The van der Waals surface area contributed by atoms with Gasteiger partial charge in [0.05, 0.1) is 17.6 Å². The van der Waals surface area contributed by atoms with Gasteiger partial charge in [0.25, 0.3) is 0 Å². The molecule has 4 rings (SSSR count). The lowest BCUT2D eigenvalue weighted by Crippen LogP contribution is -2.49. The first-order chi connectivity index (χ1) is 14.0. The van der Waals surface area contributed by atoms with Crippen LogP contribution < -0.4 is 4.90 Å². The van der Waals surface area contributed by atoms with Crippen molar-refractivity contribution in [2.45, 2.75) is 33.7 Å². The van der Waals surface area contributed by atoms with E-state index < -0.39 is 0 Å². The molecule has 1 aliphatic heterocycles. The van der Waals surface area contributed by atoms with Crippen LogP contribution >= 0.6 is 0 Å². The molecule has 0 N–H and O–H groups in total. The first-order valence-corrected chi connectivity index (χ1v) is 10.5. The zero-order valence-corrected chi connectivity index (χ0v) is 17.9. The van der Waals surface area contributed by atoms with E-state index in [1.54, 1.807) is 0 Å².